The van der Waals surface area contributed by atoms with E-state index in [1.54, 1.807) is 31.4 Å². The molecule has 1 aromatic rings. The van der Waals surface area contributed by atoms with Gasteiger partial charge in [0.25, 0.3) is 0 Å². The predicted molar refractivity (Wildman–Crippen MR) is 67.4 cm³/mol. The molecule has 0 aromatic heterocycles. The Balaban J connectivity index is 2.70. The number of methoxy groups -OCH3 is 1. The molecule has 0 saturated heterocycles. The number of esters is 1. The van der Waals surface area contributed by atoms with Crippen LogP contribution in [0.15, 0.2) is 24.3 Å². The van der Waals surface area contributed by atoms with E-state index in [9.17, 15) is 4.79 Å². The molecule has 0 N–H and O–H groups in total. The molecule has 0 saturated carbocycles. The second kappa shape index (κ2) is 6.62. The minimum Gasteiger partial charge on any atom is -0.456 e. The van der Waals surface area contributed by atoms with E-state index in [0.29, 0.717) is 17.2 Å². The molecule has 1 unspecified atom stereocenters. The van der Waals surface area contributed by atoms with Crippen LogP contribution in [-0.2, 0) is 9.47 Å². The Bertz CT molecular complexity index is 377. The number of hydrogen-bond acceptors (Lipinski definition) is 3. The molecule has 0 bridgehead atoms. The molecule has 17 heavy (non-hydrogen) atoms. The zero-order valence-corrected chi connectivity index (χ0v) is 11.0. The van der Waals surface area contributed by atoms with Crippen LogP contribution in [0.3, 0.4) is 0 Å². The van der Waals surface area contributed by atoms with Gasteiger partial charge in [0.05, 0.1) is 12.2 Å². The van der Waals surface area contributed by atoms with Crippen molar-refractivity contribution in [2.75, 3.05) is 13.7 Å². The van der Waals surface area contributed by atoms with Gasteiger partial charge >= 0.3 is 5.97 Å². The minimum absolute atomic E-state index is 0.207. The van der Waals surface area contributed by atoms with Crippen molar-refractivity contribution in [3.05, 3.63) is 34.9 Å². The number of ether oxygens (including phenoxy) is 2. The van der Waals surface area contributed by atoms with Crippen LogP contribution in [0.4, 0.5) is 0 Å². The molecule has 0 heterocycles. The van der Waals surface area contributed by atoms with E-state index in [0.717, 1.165) is 0 Å². The fourth-order valence-corrected chi connectivity index (χ4v) is 1.54. The second-order valence-corrected chi connectivity index (χ2v) is 4.59. The molecule has 0 fully saturated rings. The van der Waals surface area contributed by atoms with E-state index < -0.39 is 0 Å². The first kappa shape index (κ1) is 14.0. The SMILES string of the molecule is COCC(OC(=O)c1cccc(Cl)c1)C(C)C. The van der Waals surface area contributed by atoms with E-state index in [1.165, 1.54) is 0 Å². The van der Waals surface area contributed by atoms with E-state index in [1.807, 2.05) is 13.8 Å². The number of halogens is 1. The zero-order valence-electron chi connectivity index (χ0n) is 10.3. The molecule has 94 valence electrons. The first-order valence-electron chi connectivity index (χ1n) is 5.50. The zero-order chi connectivity index (χ0) is 12.8. The summed E-state index contributed by atoms with van der Waals surface area (Å²) < 4.78 is 10.4. The Labute approximate surface area is 107 Å². The van der Waals surface area contributed by atoms with Gasteiger partial charge in [-0.15, -0.1) is 0 Å². The van der Waals surface area contributed by atoms with Crippen molar-refractivity contribution in [1.82, 2.24) is 0 Å². The molecular weight excluding hydrogens is 240 g/mol. The Kier molecular flexibility index (Phi) is 5.45. The molecule has 0 aliphatic heterocycles. The van der Waals surface area contributed by atoms with Crippen LogP contribution in [0.1, 0.15) is 24.2 Å². The summed E-state index contributed by atoms with van der Waals surface area (Å²) in [4.78, 5) is 11.9. The Morgan fingerprint density at radius 3 is 2.65 bits per heavy atom. The maximum absolute atomic E-state index is 11.9. The van der Waals surface area contributed by atoms with Crippen LogP contribution in [0.2, 0.25) is 5.02 Å². The van der Waals surface area contributed by atoms with Gasteiger partial charge in [-0.1, -0.05) is 31.5 Å². The van der Waals surface area contributed by atoms with Crippen LogP contribution in [-0.4, -0.2) is 25.8 Å². The second-order valence-electron chi connectivity index (χ2n) is 4.15. The highest BCUT2D eigenvalue weighted by Crippen LogP contribution is 2.14. The third-order valence-electron chi connectivity index (χ3n) is 2.39. The summed E-state index contributed by atoms with van der Waals surface area (Å²) in [6.07, 6.45) is -0.244. The normalized spacial score (nSPS) is 12.5. The highest BCUT2D eigenvalue weighted by atomic mass is 35.5. The largest absolute Gasteiger partial charge is 0.456 e. The molecule has 1 rings (SSSR count). The highest BCUT2D eigenvalue weighted by molar-refractivity contribution is 6.30. The van der Waals surface area contributed by atoms with Crippen LogP contribution < -0.4 is 0 Å². The van der Waals surface area contributed by atoms with Crippen molar-refractivity contribution in [3.63, 3.8) is 0 Å². The van der Waals surface area contributed by atoms with Crippen molar-refractivity contribution < 1.29 is 14.3 Å². The molecular formula is C13H17ClO3. The van der Waals surface area contributed by atoms with Crippen LogP contribution in [0.5, 0.6) is 0 Å². The maximum Gasteiger partial charge on any atom is 0.338 e. The first-order chi connectivity index (χ1) is 8.04. The summed E-state index contributed by atoms with van der Waals surface area (Å²) in [5.41, 5.74) is 0.458. The predicted octanol–water partition coefficient (Wildman–Crippen LogP) is 3.17. The Hall–Kier alpha value is -1.06. The lowest BCUT2D eigenvalue weighted by atomic mass is 10.1. The van der Waals surface area contributed by atoms with Gasteiger partial charge in [-0.25, -0.2) is 4.79 Å². The molecule has 1 atom stereocenters. The molecule has 0 aliphatic carbocycles. The standard InChI is InChI=1S/C13H17ClO3/c1-9(2)12(8-16-3)17-13(15)10-5-4-6-11(14)7-10/h4-7,9,12H,8H2,1-3H3. The van der Waals surface area contributed by atoms with E-state index in [2.05, 4.69) is 0 Å². The van der Waals surface area contributed by atoms with Crippen molar-refractivity contribution >= 4 is 17.6 Å². The van der Waals surface area contributed by atoms with Crippen LogP contribution in [0.25, 0.3) is 0 Å². The number of carbonyl (C=O) groups is 1. The maximum atomic E-state index is 11.9. The lowest BCUT2D eigenvalue weighted by Gasteiger charge is -2.20. The molecule has 0 amide bonds. The summed E-state index contributed by atoms with van der Waals surface area (Å²) in [7, 11) is 1.59. The summed E-state index contributed by atoms with van der Waals surface area (Å²) in [5.74, 6) is -0.165. The Morgan fingerprint density at radius 2 is 2.12 bits per heavy atom. The highest BCUT2D eigenvalue weighted by Gasteiger charge is 2.19. The summed E-state index contributed by atoms with van der Waals surface area (Å²) >= 11 is 5.82. The molecule has 4 heteroatoms. The lowest BCUT2D eigenvalue weighted by molar-refractivity contribution is -0.0102. The third kappa shape index (κ3) is 4.36. The quantitative estimate of drug-likeness (QED) is 0.759. The third-order valence-corrected chi connectivity index (χ3v) is 2.63. The fraction of sp³-hybridized carbons (Fsp3) is 0.462. The van der Waals surface area contributed by atoms with E-state index >= 15 is 0 Å². The van der Waals surface area contributed by atoms with E-state index in [-0.39, 0.29) is 18.0 Å². The summed E-state index contributed by atoms with van der Waals surface area (Å²) in [5, 5.41) is 0.521. The molecule has 0 spiro atoms. The van der Waals surface area contributed by atoms with Gasteiger partial charge in [0.15, 0.2) is 0 Å². The van der Waals surface area contributed by atoms with Gasteiger partial charge in [-0.05, 0) is 24.1 Å². The van der Waals surface area contributed by atoms with Crippen molar-refractivity contribution in [2.24, 2.45) is 5.92 Å². The number of rotatable bonds is 5. The summed E-state index contributed by atoms with van der Waals surface area (Å²) in [6.45, 7) is 4.36. The average Bonchev–Trinajstić information content (AvgIpc) is 2.28. The van der Waals surface area contributed by atoms with Gasteiger partial charge in [0.2, 0.25) is 0 Å². The minimum atomic E-state index is -0.372. The summed E-state index contributed by atoms with van der Waals surface area (Å²) in [6, 6.07) is 6.71. The lowest BCUT2D eigenvalue weighted by Crippen LogP contribution is -2.28. The number of benzene rings is 1. The van der Waals surface area contributed by atoms with Gasteiger partial charge in [0.1, 0.15) is 6.10 Å². The van der Waals surface area contributed by atoms with Crippen molar-refractivity contribution in [3.8, 4) is 0 Å². The number of carbonyl (C=O) groups excluding carboxylic acids is 1. The molecule has 3 nitrogen and oxygen atoms in total. The first-order valence-corrected chi connectivity index (χ1v) is 5.88. The molecule has 0 radical (unpaired) electrons. The van der Waals surface area contributed by atoms with Gasteiger partial charge in [-0.3, -0.25) is 0 Å². The smallest absolute Gasteiger partial charge is 0.338 e. The van der Waals surface area contributed by atoms with Gasteiger partial charge < -0.3 is 9.47 Å². The van der Waals surface area contributed by atoms with Gasteiger partial charge in [-0.2, -0.15) is 0 Å². The van der Waals surface area contributed by atoms with Crippen molar-refractivity contribution in [1.29, 1.82) is 0 Å². The van der Waals surface area contributed by atoms with Gasteiger partial charge in [0, 0.05) is 12.1 Å². The van der Waals surface area contributed by atoms with E-state index in [4.69, 9.17) is 21.1 Å². The van der Waals surface area contributed by atoms with Crippen LogP contribution in [0, 0.1) is 5.92 Å². The fourth-order valence-electron chi connectivity index (χ4n) is 1.35. The molecule has 1 aromatic carbocycles. The average molecular weight is 257 g/mol. The van der Waals surface area contributed by atoms with Crippen LogP contribution >= 0.6 is 11.6 Å². The van der Waals surface area contributed by atoms with Crippen molar-refractivity contribution in [2.45, 2.75) is 20.0 Å². The molecule has 0 aliphatic rings. The number of hydrogen-bond donors (Lipinski definition) is 0. The Morgan fingerprint density at radius 1 is 1.41 bits per heavy atom. The topological polar surface area (TPSA) is 35.5 Å². The monoisotopic (exact) mass is 256 g/mol.